The SMILES string of the molecule is Cl.NCCNC(=O)C1CCCN(CC2CCOCC2)C1. The van der Waals surface area contributed by atoms with Gasteiger partial charge in [-0.25, -0.2) is 0 Å². The minimum atomic E-state index is 0. The molecule has 1 atom stereocenters. The van der Waals surface area contributed by atoms with Gasteiger partial charge in [-0.2, -0.15) is 0 Å². The number of hydrogen-bond acceptors (Lipinski definition) is 4. The molecule has 3 N–H and O–H groups in total. The Morgan fingerprint density at radius 3 is 2.75 bits per heavy atom. The predicted octanol–water partition coefficient (Wildman–Crippen LogP) is 0.622. The maximum absolute atomic E-state index is 12.0. The summed E-state index contributed by atoms with van der Waals surface area (Å²) in [5.41, 5.74) is 5.42. The van der Waals surface area contributed by atoms with Crippen LogP contribution < -0.4 is 11.1 Å². The van der Waals surface area contributed by atoms with Crippen LogP contribution in [0.15, 0.2) is 0 Å². The molecule has 2 aliphatic rings. The first-order valence-corrected chi connectivity index (χ1v) is 7.57. The van der Waals surface area contributed by atoms with E-state index >= 15 is 0 Å². The lowest BCUT2D eigenvalue weighted by atomic mass is 9.94. The van der Waals surface area contributed by atoms with Gasteiger partial charge in [-0.3, -0.25) is 4.79 Å². The number of hydrogen-bond donors (Lipinski definition) is 2. The van der Waals surface area contributed by atoms with E-state index in [-0.39, 0.29) is 24.2 Å². The maximum Gasteiger partial charge on any atom is 0.224 e. The number of nitrogens with one attached hydrogen (secondary N) is 1. The molecule has 118 valence electrons. The van der Waals surface area contributed by atoms with Crippen LogP contribution in [0.4, 0.5) is 0 Å². The van der Waals surface area contributed by atoms with Crippen molar-refractivity contribution in [2.24, 2.45) is 17.6 Å². The molecule has 0 saturated carbocycles. The average Bonchev–Trinajstić information content (AvgIpc) is 2.46. The lowest BCUT2D eigenvalue weighted by molar-refractivity contribution is -0.126. The van der Waals surface area contributed by atoms with Crippen molar-refractivity contribution in [2.75, 3.05) is 45.9 Å². The molecule has 2 saturated heterocycles. The fourth-order valence-electron chi connectivity index (χ4n) is 3.07. The molecule has 5 nitrogen and oxygen atoms in total. The molecular weight excluding hydrogens is 278 g/mol. The first-order chi connectivity index (χ1) is 9.29. The van der Waals surface area contributed by atoms with Crippen LogP contribution in [0.3, 0.4) is 0 Å². The van der Waals surface area contributed by atoms with Gasteiger partial charge in [-0.05, 0) is 38.1 Å². The lowest BCUT2D eigenvalue weighted by Crippen LogP contribution is -2.45. The van der Waals surface area contributed by atoms with Gasteiger partial charge in [-0.15, -0.1) is 12.4 Å². The highest BCUT2D eigenvalue weighted by Gasteiger charge is 2.27. The zero-order valence-corrected chi connectivity index (χ0v) is 13.0. The van der Waals surface area contributed by atoms with Crippen LogP contribution in [0.2, 0.25) is 0 Å². The highest BCUT2D eigenvalue weighted by molar-refractivity contribution is 5.85. The summed E-state index contributed by atoms with van der Waals surface area (Å²) in [5, 5.41) is 2.92. The number of likely N-dealkylation sites (tertiary alicyclic amines) is 1. The van der Waals surface area contributed by atoms with Gasteiger partial charge >= 0.3 is 0 Å². The number of amides is 1. The van der Waals surface area contributed by atoms with E-state index in [1.807, 2.05) is 0 Å². The Labute approximate surface area is 128 Å². The van der Waals surface area contributed by atoms with E-state index in [1.165, 1.54) is 12.8 Å². The zero-order valence-electron chi connectivity index (χ0n) is 12.2. The average molecular weight is 306 g/mol. The second-order valence-electron chi connectivity index (χ2n) is 5.73. The highest BCUT2D eigenvalue weighted by atomic mass is 35.5. The molecule has 20 heavy (non-hydrogen) atoms. The van der Waals surface area contributed by atoms with E-state index in [9.17, 15) is 4.79 Å². The quantitative estimate of drug-likeness (QED) is 0.781. The Morgan fingerprint density at radius 1 is 1.30 bits per heavy atom. The van der Waals surface area contributed by atoms with E-state index < -0.39 is 0 Å². The summed E-state index contributed by atoms with van der Waals surface area (Å²) in [6, 6.07) is 0. The number of ether oxygens (including phenoxy) is 1. The molecule has 2 heterocycles. The minimum Gasteiger partial charge on any atom is -0.381 e. The van der Waals surface area contributed by atoms with Gasteiger partial charge in [0.1, 0.15) is 0 Å². The van der Waals surface area contributed by atoms with Crippen molar-refractivity contribution in [3.63, 3.8) is 0 Å². The van der Waals surface area contributed by atoms with Crippen LogP contribution in [0.5, 0.6) is 0 Å². The third-order valence-corrected chi connectivity index (χ3v) is 4.18. The van der Waals surface area contributed by atoms with Gasteiger partial charge in [0.15, 0.2) is 0 Å². The van der Waals surface area contributed by atoms with Gasteiger partial charge < -0.3 is 20.7 Å². The Balaban J connectivity index is 0.00000200. The standard InChI is InChI=1S/C14H27N3O2.ClH/c15-5-6-16-14(18)13-2-1-7-17(11-13)10-12-3-8-19-9-4-12;/h12-13H,1-11,15H2,(H,16,18);1H. The van der Waals surface area contributed by atoms with Crippen LogP contribution in [-0.4, -0.2) is 56.7 Å². The summed E-state index contributed by atoms with van der Waals surface area (Å²) < 4.78 is 5.40. The molecule has 0 spiro atoms. The maximum atomic E-state index is 12.0. The second-order valence-corrected chi connectivity index (χ2v) is 5.73. The molecule has 0 bridgehead atoms. The second kappa shape index (κ2) is 9.55. The van der Waals surface area contributed by atoms with Crippen LogP contribution in [0.1, 0.15) is 25.7 Å². The number of carbonyl (C=O) groups excluding carboxylic acids is 1. The van der Waals surface area contributed by atoms with Crippen molar-refractivity contribution in [1.82, 2.24) is 10.2 Å². The van der Waals surface area contributed by atoms with Gasteiger partial charge in [0.25, 0.3) is 0 Å². The normalized spacial score (nSPS) is 24.9. The summed E-state index contributed by atoms with van der Waals surface area (Å²) in [4.78, 5) is 14.4. The predicted molar refractivity (Wildman–Crippen MR) is 82.0 cm³/mol. The topological polar surface area (TPSA) is 67.6 Å². The zero-order chi connectivity index (χ0) is 13.5. The summed E-state index contributed by atoms with van der Waals surface area (Å²) >= 11 is 0. The van der Waals surface area contributed by atoms with Crippen molar-refractivity contribution in [3.8, 4) is 0 Å². The van der Waals surface area contributed by atoms with Crippen molar-refractivity contribution >= 4 is 18.3 Å². The molecule has 1 unspecified atom stereocenters. The fraction of sp³-hybridized carbons (Fsp3) is 0.929. The summed E-state index contributed by atoms with van der Waals surface area (Å²) in [7, 11) is 0. The van der Waals surface area contributed by atoms with E-state index in [4.69, 9.17) is 10.5 Å². The first kappa shape index (κ1) is 17.7. The number of piperidine rings is 1. The van der Waals surface area contributed by atoms with Crippen molar-refractivity contribution < 1.29 is 9.53 Å². The summed E-state index contributed by atoms with van der Waals surface area (Å²) in [6.45, 7) is 6.09. The summed E-state index contributed by atoms with van der Waals surface area (Å²) in [6.07, 6.45) is 4.48. The van der Waals surface area contributed by atoms with E-state index in [0.29, 0.717) is 13.1 Å². The number of nitrogens with zero attached hydrogens (tertiary/aromatic N) is 1. The Bertz CT molecular complexity index is 286. The smallest absolute Gasteiger partial charge is 0.224 e. The van der Waals surface area contributed by atoms with Gasteiger partial charge in [-0.1, -0.05) is 0 Å². The number of nitrogens with two attached hydrogens (primary N) is 1. The number of carbonyl (C=O) groups is 1. The molecule has 6 heteroatoms. The molecule has 0 aliphatic carbocycles. The number of rotatable bonds is 5. The molecular formula is C14H28ClN3O2. The third kappa shape index (κ3) is 5.56. The number of halogens is 1. The van der Waals surface area contributed by atoms with Crippen molar-refractivity contribution in [2.45, 2.75) is 25.7 Å². The molecule has 2 fully saturated rings. The molecule has 1 amide bonds. The van der Waals surface area contributed by atoms with Crippen LogP contribution >= 0.6 is 12.4 Å². The van der Waals surface area contributed by atoms with E-state index in [1.54, 1.807) is 0 Å². The Kier molecular flexibility index (Phi) is 8.45. The Hall–Kier alpha value is -0.360. The van der Waals surface area contributed by atoms with Crippen molar-refractivity contribution in [3.05, 3.63) is 0 Å². The van der Waals surface area contributed by atoms with Crippen LogP contribution in [0, 0.1) is 11.8 Å². The van der Waals surface area contributed by atoms with Gasteiger partial charge in [0.2, 0.25) is 5.91 Å². The molecule has 0 aromatic carbocycles. The molecule has 0 aromatic heterocycles. The van der Waals surface area contributed by atoms with Crippen molar-refractivity contribution in [1.29, 1.82) is 0 Å². The molecule has 0 radical (unpaired) electrons. The minimum absolute atomic E-state index is 0. The summed E-state index contributed by atoms with van der Waals surface area (Å²) in [5.74, 6) is 1.09. The van der Waals surface area contributed by atoms with E-state index in [2.05, 4.69) is 10.2 Å². The molecule has 2 aliphatic heterocycles. The fourth-order valence-corrected chi connectivity index (χ4v) is 3.07. The molecule has 2 rings (SSSR count). The van der Waals surface area contributed by atoms with E-state index in [0.717, 1.165) is 51.6 Å². The monoisotopic (exact) mass is 305 g/mol. The van der Waals surface area contributed by atoms with Gasteiger partial charge in [0.05, 0.1) is 5.92 Å². The lowest BCUT2D eigenvalue weighted by Gasteiger charge is -2.35. The third-order valence-electron chi connectivity index (χ3n) is 4.18. The highest BCUT2D eigenvalue weighted by Crippen LogP contribution is 2.21. The van der Waals surface area contributed by atoms with Gasteiger partial charge in [0, 0.05) is 39.4 Å². The Morgan fingerprint density at radius 2 is 2.05 bits per heavy atom. The molecule has 0 aromatic rings. The van der Waals surface area contributed by atoms with Crippen LogP contribution in [0.25, 0.3) is 0 Å². The largest absolute Gasteiger partial charge is 0.381 e. The first-order valence-electron chi connectivity index (χ1n) is 7.57. The van der Waals surface area contributed by atoms with Crippen LogP contribution in [-0.2, 0) is 9.53 Å².